The van der Waals surface area contributed by atoms with E-state index in [4.69, 9.17) is 4.74 Å². The van der Waals surface area contributed by atoms with Gasteiger partial charge in [0.25, 0.3) is 0 Å². The number of nitrogens with one attached hydrogen (secondary N) is 2. The van der Waals surface area contributed by atoms with Gasteiger partial charge in [0.2, 0.25) is 11.8 Å². The van der Waals surface area contributed by atoms with Gasteiger partial charge in [-0.05, 0) is 65.0 Å². The molecule has 1 aliphatic rings. The molecule has 2 unspecified atom stereocenters. The fourth-order valence-electron chi connectivity index (χ4n) is 4.84. The molecule has 0 bridgehead atoms. The van der Waals surface area contributed by atoms with Gasteiger partial charge in [0.1, 0.15) is 17.7 Å². The topological polar surface area (TPSA) is 108 Å². The fraction of sp³-hybridized carbons (Fsp3) is 0.690. The first-order valence-electron chi connectivity index (χ1n) is 13.7. The quantitative estimate of drug-likeness (QED) is 0.369. The van der Waals surface area contributed by atoms with Crippen molar-refractivity contribution in [2.45, 2.75) is 117 Å². The molecule has 1 aromatic carbocycles. The minimum atomic E-state index is -1.23. The van der Waals surface area contributed by atoms with Crippen LogP contribution in [0.3, 0.4) is 0 Å². The molecule has 0 heterocycles. The second-order valence-electron chi connectivity index (χ2n) is 11.2. The van der Waals surface area contributed by atoms with E-state index in [1.807, 2.05) is 32.0 Å². The van der Waals surface area contributed by atoms with Crippen LogP contribution in [-0.2, 0) is 14.3 Å². The highest BCUT2D eigenvalue weighted by Crippen LogP contribution is 2.28. The first-order valence-corrected chi connectivity index (χ1v) is 13.7. The van der Waals surface area contributed by atoms with Gasteiger partial charge in [0.05, 0.1) is 6.61 Å². The van der Waals surface area contributed by atoms with Crippen LogP contribution in [-0.4, -0.2) is 58.8 Å². The van der Waals surface area contributed by atoms with Crippen molar-refractivity contribution in [3.63, 3.8) is 0 Å². The van der Waals surface area contributed by atoms with E-state index in [1.54, 1.807) is 20.8 Å². The van der Waals surface area contributed by atoms with E-state index >= 15 is 0 Å². The number of aliphatic hydroxyl groups is 1. The van der Waals surface area contributed by atoms with Crippen LogP contribution < -0.4 is 10.6 Å². The molecule has 2 rings (SSSR count). The van der Waals surface area contributed by atoms with Gasteiger partial charge in [-0.25, -0.2) is 4.79 Å². The number of benzene rings is 1. The Morgan fingerprint density at radius 3 is 2.35 bits per heavy atom. The van der Waals surface area contributed by atoms with Gasteiger partial charge in [-0.2, -0.15) is 0 Å². The summed E-state index contributed by atoms with van der Waals surface area (Å²) >= 11 is 0. The predicted octanol–water partition coefficient (Wildman–Crippen LogP) is 4.70. The normalized spacial score (nSPS) is 16.0. The Morgan fingerprint density at radius 1 is 1.11 bits per heavy atom. The molecule has 0 spiro atoms. The molecule has 3 N–H and O–H groups in total. The number of carbonyl (C=O) groups is 3. The number of amides is 3. The number of aryl methyl sites for hydroxylation is 2. The van der Waals surface area contributed by atoms with Gasteiger partial charge in [0, 0.05) is 12.6 Å². The molecule has 1 aromatic rings. The highest BCUT2D eigenvalue weighted by molar-refractivity contribution is 5.92. The van der Waals surface area contributed by atoms with Gasteiger partial charge in [-0.1, -0.05) is 62.8 Å². The van der Waals surface area contributed by atoms with Crippen molar-refractivity contribution in [1.29, 1.82) is 0 Å². The lowest BCUT2D eigenvalue weighted by molar-refractivity contribution is -0.143. The van der Waals surface area contributed by atoms with Crippen LogP contribution in [0.4, 0.5) is 4.79 Å². The number of hydrogen-bond acceptors (Lipinski definition) is 5. The molecule has 1 saturated carbocycles. The number of rotatable bonds is 11. The summed E-state index contributed by atoms with van der Waals surface area (Å²) in [5.41, 5.74) is 1.97. The van der Waals surface area contributed by atoms with Crippen LogP contribution in [0.2, 0.25) is 0 Å². The van der Waals surface area contributed by atoms with Crippen LogP contribution in [0.1, 0.15) is 102 Å². The van der Waals surface area contributed by atoms with Crippen molar-refractivity contribution < 1.29 is 24.2 Å². The molecular formula is C29H47N3O5. The van der Waals surface area contributed by atoms with E-state index in [0.717, 1.165) is 55.2 Å². The number of carbonyl (C=O) groups excluding carboxylic acids is 3. The summed E-state index contributed by atoms with van der Waals surface area (Å²) in [5.74, 6) is -0.731. The summed E-state index contributed by atoms with van der Waals surface area (Å²) in [6.07, 6.45) is 6.91. The van der Waals surface area contributed by atoms with Gasteiger partial charge in [-0.15, -0.1) is 0 Å². The molecule has 2 atom stereocenters. The molecule has 0 aromatic heterocycles. The minimum Gasteiger partial charge on any atom is -0.444 e. The summed E-state index contributed by atoms with van der Waals surface area (Å²) < 4.78 is 5.31. The first-order chi connectivity index (χ1) is 17.5. The molecule has 1 fully saturated rings. The second-order valence-corrected chi connectivity index (χ2v) is 11.2. The Kier molecular flexibility index (Phi) is 11.9. The molecule has 3 amide bonds. The van der Waals surface area contributed by atoms with Crippen molar-refractivity contribution in [2.75, 3.05) is 13.2 Å². The Bertz CT molecular complexity index is 905. The second kappa shape index (κ2) is 14.4. The predicted molar refractivity (Wildman–Crippen MR) is 145 cm³/mol. The first kappa shape index (κ1) is 30.6. The van der Waals surface area contributed by atoms with Crippen molar-refractivity contribution in [3.05, 3.63) is 34.9 Å². The maximum atomic E-state index is 13.9. The highest BCUT2D eigenvalue weighted by Gasteiger charge is 2.37. The molecule has 0 aliphatic heterocycles. The van der Waals surface area contributed by atoms with Gasteiger partial charge in [0.15, 0.2) is 0 Å². The zero-order valence-corrected chi connectivity index (χ0v) is 23.6. The van der Waals surface area contributed by atoms with Crippen LogP contribution in [0.25, 0.3) is 0 Å². The summed E-state index contributed by atoms with van der Waals surface area (Å²) in [6.45, 7) is 10.9. The molecule has 37 heavy (non-hydrogen) atoms. The van der Waals surface area contributed by atoms with Gasteiger partial charge < -0.3 is 25.4 Å². The maximum absolute atomic E-state index is 13.9. The van der Waals surface area contributed by atoms with E-state index in [-0.39, 0.29) is 11.9 Å². The van der Waals surface area contributed by atoms with E-state index in [1.165, 1.54) is 11.3 Å². The zero-order chi connectivity index (χ0) is 27.6. The lowest BCUT2D eigenvalue weighted by Crippen LogP contribution is -2.55. The Balaban J connectivity index is 2.44. The van der Waals surface area contributed by atoms with Gasteiger partial charge in [-0.3, -0.25) is 9.59 Å². The molecule has 8 nitrogen and oxygen atoms in total. The molecule has 0 radical (unpaired) electrons. The lowest BCUT2D eigenvalue weighted by atomic mass is 9.93. The van der Waals surface area contributed by atoms with Crippen LogP contribution >= 0.6 is 0 Å². The van der Waals surface area contributed by atoms with Crippen molar-refractivity contribution in [2.24, 2.45) is 0 Å². The van der Waals surface area contributed by atoms with Crippen molar-refractivity contribution >= 4 is 17.9 Å². The van der Waals surface area contributed by atoms with E-state index < -0.39 is 36.3 Å². The van der Waals surface area contributed by atoms with Crippen LogP contribution in [0, 0.1) is 13.8 Å². The Labute approximate surface area is 222 Å². The van der Waals surface area contributed by atoms with Crippen LogP contribution in [0.5, 0.6) is 0 Å². The smallest absolute Gasteiger partial charge is 0.408 e. The maximum Gasteiger partial charge on any atom is 0.408 e. The molecule has 0 saturated heterocycles. The van der Waals surface area contributed by atoms with Crippen LogP contribution in [0.15, 0.2) is 18.2 Å². The van der Waals surface area contributed by atoms with Crippen molar-refractivity contribution in [1.82, 2.24) is 15.5 Å². The summed E-state index contributed by atoms with van der Waals surface area (Å²) in [7, 11) is 0. The number of aliphatic hydroxyl groups excluding tert-OH is 1. The minimum absolute atomic E-state index is 0.0793. The lowest BCUT2D eigenvalue weighted by Gasteiger charge is -2.36. The molecule has 8 heteroatoms. The summed E-state index contributed by atoms with van der Waals surface area (Å²) in [6, 6.07) is 3.84. The fourth-order valence-corrected chi connectivity index (χ4v) is 4.84. The monoisotopic (exact) mass is 517 g/mol. The van der Waals surface area contributed by atoms with E-state index in [0.29, 0.717) is 13.0 Å². The SMILES string of the molecule is CCCCCN(C(=O)C(CO)NC(=O)OC(C)(C)C)C(C(=O)NC1CCCCC1)c1ccc(C)cc1C. The zero-order valence-electron chi connectivity index (χ0n) is 23.6. The van der Waals surface area contributed by atoms with Gasteiger partial charge >= 0.3 is 6.09 Å². The molecule has 1 aliphatic carbocycles. The third-order valence-electron chi connectivity index (χ3n) is 6.69. The molecular weight excluding hydrogens is 470 g/mol. The third kappa shape index (κ3) is 9.65. The number of ether oxygens (including phenoxy) is 1. The largest absolute Gasteiger partial charge is 0.444 e. The number of nitrogens with zero attached hydrogens (tertiary/aromatic N) is 1. The third-order valence-corrected chi connectivity index (χ3v) is 6.69. The average molecular weight is 518 g/mol. The molecule has 208 valence electrons. The van der Waals surface area contributed by atoms with Crippen molar-refractivity contribution in [3.8, 4) is 0 Å². The number of hydrogen-bond donors (Lipinski definition) is 3. The van der Waals surface area contributed by atoms with E-state index in [9.17, 15) is 19.5 Å². The Hall–Kier alpha value is -2.61. The highest BCUT2D eigenvalue weighted by atomic mass is 16.6. The average Bonchev–Trinajstić information content (AvgIpc) is 2.82. The summed E-state index contributed by atoms with van der Waals surface area (Å²) in [4.78, 5) is 41.7. The number of unbranched alkanes of at least 4 members (excludes halogenated alkanes) is 2. The summed E-state index contributed by atoms with van der Waals surface area (Å²) in [5, 5.41) is 15.8. The Morgan fingerprint density at radius 2 is 1.78 bits per heavy atom. The van der Waals surface area contributed by atoms with E-state index in [2.05, 4.69) is 17.6 Å². The number of alkyl carbamates (subject to hydrolysis) is 1. The standard InChI is InChI=1S/C29H47N3O5/c1-7-8-12-17-32(27(35)24(19-33)31-28(36)37-29(4,5)6)25(23-16-15-20(2)18-21(23)3)26(34)30-22-13-10-9-11-14-22/h15-16,18,22,24-25,33H,7-14,17,19H2,1-6H3,(H,30,34)(H,31,36).